The minimum absolute atomic E-state index is 0.0496. The van der Waals surface area contributed by atoms with Crippen molar-refractivity contribution in [3.63, 3.8) is 0 Å². The molecule has 0 bridgehead atoms. The zero-order valence-electron chi connectivity index (χ0n) is 14.4. The molecule has 3 rings (SSSR count). The van der Waals surface area contributed by atoms with E-state index >= 15 is 0 Å². The third-order valence-corrected chi connectivity index (χ3v) is 5.12. The molecular weight excluding hydrogens is 341 g/mol. The fourth-order valence-electron chi connectivity index (χ4n) is 3.59. The molecule has 0 spiro atoms. The van der Waals surface area contributed by atoms with E-state index in [0.717, 1.165) is 44.6 Å². The average Bonchev–Trinajstić information content (AvgIpc) is 2.65. The van der Waals surface area contributed by atoms with Gasteiger partial charge in [0, 0.05) is 5.39 Å². The standard InChI is InChI=1S/C21H21F3O2/c1-2-3-4-13-5-7-14(8-6-13)21(25)26-16-9-10-17-15(11-16)12-18(22)20(24)19(17)23/h2,9-14H,1,3-8H2. The molecule has 0 heterocycles. The fourth-order valence-corrected chi connectivity index (χ4v) is 3.59. The molecule has 26 heavy (non-hydrogen) atoms. The number of halogens is 3. The normalized spacial score (nSPS) is 20.1. The van der Waals surface area contributed by atoms with E-state index in [1.807, 2.05) is 6.08 Å². The summed E-state index contributed by atoms with van der Waals surface area (Å²) in [4.78, 5) is 12.4. The number of hydrogen-bond acceptors (Lipinski definition) is 2. The van der Waals surface area contributed by atoms with E-state index in [1.54, 1.807) is 0 Å². The van der Waals surface area contributed by atoms with Gasteiger partial charge in [0.25, 0.3) is 0 Å². The molecule has 0 amide bonds. The van der Waals surface area contributed by atoms with Gasteiger partial charge in [-0.05, 0) is 74.1 Å². The molecule has 1 saturated carbocycles. The van der Waals surface area contributed by atoms with Gasteiger partial charge in [-0.3, -0.25) is 4.79 Å². The first-order chi connectivity index (χ1) is 12.5. The van der Waals surface area contributed by atoms with E-state index in [0.29, 0.717) is 5.92 Å². The van der Waals surface area contributed by atoms with Crippen molar-refractivity contribution in [2.24, 2.45) is 11.8 Å². The van der Waals surface area contributed by atoms with Crippen molar-refractivity contribution in [3.05, 3.63) is 54.4 Å². The molecular formula is C21H21F3O2. The first-order valence-electron chi connectivity index (χ1n) is 8.89. The van der Waals surface area contributed by atoms with E-state index in [1.165, 1.54) is 18.2 Å². The number of esters is 1. The quantitative estimate of drug-likeness (QED) is 0.285. The Hall–Kier alpha value is -2.30. The van der Waals surface area contributed by atoms with Crippen molar-refractivity contribution >= 4 is 16.7 Å². The van der Waals surface area contributed by atoms with Gasteiger partial charge in [0.2, 0.25) is 0 Å². The minimum atomic E-state index is -1.50. The Morgan fingerprint density at radius 2 is 1.85 bits per heavy atom. The van der Waals surface area contributed by atoms with E-state index in [2.05, 4.69) is 6.58 Å². The second-order valence-corrected chi connectivity index (χ2v) is 6.87. The maximum atomic E-state index is 13.7. The Morgan fingerprint density at radius 3 is 2.54 bits per heavy atom. The van der Waals surface area contributed by atoms with Gasteiger partial charge in [-0.2, -0.15) is 0 Å². The lowest BCUT2D eigenvalue weighted by Gasteiger charge is -2.26. The molecule has 0 N–H and O–H groups in total. The summed E-state index contributed by atoms with van der Waals surface area (Å²) >= 11 is 0. The molecule has 1 aliphatic rings. The predicted molar refractivity (Wildman–Crippen MR) is 94.3 cm³/mol. The highest BCUT2D eigenvalue weighted by Crippen LogP contribution is 2.33. The first-order valence-corrected chi connectivity index (χ1v) is 8.89. The monoisotopic (exact) mass is 362 g/mol. The van der Waals surface area contributed by atoms with Gasteiger partial charge < -0.3 is 4.74 Å². The van der Waals surface area contributed by atoms with Crippen molar-refractivity contribution in [1.29, 1.82) is 0 Å². The molecule has 5 heteroatoms. The Bertz CT molecular complexity index is 824. The molecule has 1 aliphatic carbocycles. The average molecular weight is 362 g/mol. The predicted octanol–water partition coefficient (Wildman–Crippen LogP) is 5.94. The summed E-state index contributed by atoms with van der Waals surface area (Å²) < 4.78 is 45.8. The molecule has 0 aliphatic heterocycles. The largest absolute Gasteiger partial charge is 0.426 e. The summed E-state index contributed by atoms with van der Waals surface area (Å²) in [5, 5.41) is 0.103. The van der Waals surface area contributed by atoms with Crippen LogP contribution in [0.4, 0.5) is 13.2 Å². The number of ether oxygens (including phenoxy) is 1. The van der Waals surface area contributed by atoms with Crippen LogP contribution < -0.4 is 4.74 Å². The second kappa shape index (κ2) is 7.94. The fraction of sp³-hybridized carbons (Fsp3) is 0.381. The topological polar surface area (TPSA) is 26.3 Å². The van der Waals surface area contributed by atoms with Gasteiger partial charge in [-0.25, -0.2) is 13.2 Å². The van der Waals surface area contributed by atoms with Gasteiger partial charge in [0.05, 0.1) is 5.92 Å². The van der Waals surface area contributed by atoms with Crippen LogP contribution in [0.25, 0.3) is 10.8 Å². The molecule has 2 nitrogen and oxygen atoms in total. The Labute approximate surface area is 150 Å². The molecule has 1 fully saturated rings. The van der Waals surface area contributed by atoms with Crippen LogP contribution in [0.3, 0.4) is 0 Å². The number of carbonyl (C=O) groups is 1. The Kier molecular flexibility index (Phi) is 5.64. The molecule has 0 unspecified atom stereocenters. The van der Waals surface area contributed by atoms with Crippen molar-refractivity contribution < 1.29 is 22.7 Å². The Balaban J connectivity index is 1.66. The lowest BCUT2D eigenvalue weighted by atomic mass is 9.80. The van der Waals surface area contributed by atoms with Gasteiger partial charge in [0.15, 0.2) is 17.5 Å². The van der Waals surface area contributed by atoms with Crippen LogP contribution in [-0.2, 0) is 4.79 Å². The number of rotatable bonds is 5. The zero-order chi connectivity index (χ0) is 18.7. The smallest absolute Gasteiger partial charge is 0.314 e. The van der Waals surface area contributed by atoms with Crippen molar-refractivity contribution in [2.45, 2.75) is 38.5 Å². The van der Waals surface area contributed by atoms with Crippen LogP contribution in [-0.4, -0.2) is 5.97 Å². The highest BCUT2D eigenvalue weighted by Gasteiger charge is 2.27. The van der Waals surface area contributed by atoms with Crippen molar-refractivity contribution in [3.8, 4) is 5.75 Å². The van der Waals surface area contributed by atoms with E-state index in [4.69, 9.17) is 4.74 Å². The minimum Gasteiger partial charge on any atom is -0.426 e. The summed E-state index contributed by atoms with van der Waals surface area (Å²) in [6, 6.07) is 4.95. The summed E-state index contributed by atoms with van der Waals surface area (Å²) in [6.07, 6.45) is 7.54. The number of carbonyl (C=O) groups excluding carboxylic acids is 1. The number of fused-ring (bicyclic) bond motifs is 1. The van der Waals surface area contributed by atoms with Crippen LogP contribution in [0.1, 0.15) is 38.5 Å². The molecule has 0 radical (unpaired) electrons. The van der Waals surface area contributed by atoms with Crippen LogP contribution >= 0.6 is 0 Å². The first kappa shape index (κ1) is 18.5. The zero-order valence-corrected chi connectivity index (χ0v) is 14.4. The lowest BCUT2D eigenvalue weighted by molar-refractivity contribution is -0.140. The third-order valence-electron chi connectivity index (χ3n) is 5.12. The summed E-state index contributed by atoms with van der Waals surface area (Å²) in [5.41, 5.74) is 0. The maximum absolute atomic E-state index is 13.7. The van der Waals surface area contributed by atoms with Crippen LogP contribution in [0, 0.1) is 29.3 Å². The third kappa shape index (κ3) is 3.92. The molecule has 2 aromatic rings. The van der Waals surface area contributed by atoms with Crippen LogP contribution in [0.15, 0.2) is 36.9 Å². The molecule has 0 saturated heterocycles. The Morgan fingerprint density at radius 1 is 1.12 bits per heavy atom. The highest BCUT2D eigenvalue weighted by molar-refractivity contribution is 5.85. The molecule has 0 atom stereocenters. The van der Waals surface area contributed by atoms with E-state index < -0.39 is 17.5 Å². The number of hydrogen-bond donors (Lipinski definition) is 0. The van der Waals surface area contributed by atoms with Crippen LogP contribution in [0.5, 0.6) is 5.75 Å². The summed E-state index contributed by atoms with van der Waals surface area (Å²) in [7, 11) is 0. The number of allylic oxidation sites excluding steroid dienone is 1. The van der Waals surface area contributed by atoms with Gasteiger partial charge >= 0.3 is 5.97 Å². The maximum Gasteiger partial charge on any atom is 0.314 e. The lowest BCUT2D eigenvalue weighted by Crippen LogP contribution is -2.25. The summed E-state index contributed by atoms with van der Waals surface area (Å²) in [5.74, 6) is -3.66. The molecule has 0 aromatic heterocycles. The summed E-state index contributed by atoms with van der Waals surface area (Å²) in [6.45, 7) is 3.73. The van der Waals surface area contributed by atoms with Crippen LogP contribution in [0.2, 0.25) is 0 Å². The van der Waals surface area contributed by atoms with E-state index in [-0.39, 0.29) is 28.4 Å². The van der Waals surface area contributed by atoms with Gasteiger partial charge in [-0.15, -0.1) is 6.58 Å². The SMILES string of the molecule is C=CCCC1CCC(C(=O)Oc2ccc3c(F)c(F)c(F)cc3c2)CC1. The molecule has 2 aromatic carbocycles. The second-order valence-electron chi connectivity index (χ2n) is 6.87. The van der Waals surface area contributed by atoms with Crippen molar-refractivity contribution in [2.75, 3.05) is 0 Å². The molecule has 138 valence electrons. The number of benzene rings is 2. The van der Waals surface area contributed by atoms with E-state index in [9.17, 15) is 18.0 Å². The van der Waals surface area contributed by atoms with Crippen molar-refractivity contribution in [1.82, 2.24) is 0 Å². The highest BCUT2D eigenvalue weighted by atomic mass is 19.2. The van der Waals surface area contributed by atoms with Gasteiger partial charge in [-0.1, -0.05) is 6.08 Å². The van der Waals surface area contributed by atoms with Gasteiger partial charge in [0.1, 0.15) is 5.75 Å².